The van der Waals surface area contributed by atoms with Gasteiger partial charge in [0.15, 0.2) is 5.11 Å². The summed E-state index contributed by atoms with van der Waals surface area (Å²) in [5.74, 6) is 0.882. The first-order valence-corrected chi connectivity index (χ1v) is 10.5. The monoisotopic (exact) mass is 484 g/mol. The van der Waals surface area contributed by atoms with Crippen molar-refractivity contribution < 1.29 is 14.3 Å². The van der Waals surface area contributed by atoms with Crippen molar-refractivity contribution in [2.45, 2.75) is 6.42 Å². The number of amides is 1. The van der Waals surface area contributed by atoms with E-state index in [0.717, 1.165) is 22.3 Å². The van der Waals surface area contributed by atoms with Gasteiger partial charge in [0.1, 0.15) is 11.5 Å². The number of thiocarbonyl (C=S) groups is 1. The van der Waals surface area contributed by atoms with Gasteiger partial charge in [-0.2, -0.15) is 0 Å². The summed E-state index contributed by atoms with van der Waals surface area (Å²) in [7, 11) is 1.51. The highest BCUT2D eigenvalue weighted by molar-refractivity contribution is 9.10. The fraction of sp³-hybridized carbons (Fsp3) is 0.130. The molecule has 0 unspecified atom stereocenters. The second-order valence-corrected chi connectivity index (χ2v) is 7.69. The molecule has 3 aromatic rings. The molecule has 3 aromatic carbocycles. The van der Waals surface area contributed by atoms with Gasteiger partial charge in [-0.05, 0) is 60.2 Å². The lowest BCUT2D eigenvalue weighted by molar-refractivity contribution is 0.0974. The minimum Gasteiger partial charge on any atom is -0.496 e. The molecule has 0 fully saturated rings. The smallest absolute Gasteiger partial charge is 0.261 e. The molecule has 0 aliphatic rings. The maximum absolute atomic E-state index is 12.5. The zero-order chi connectivity index (χ0) is 21.3. The van der Waals surface area contributed by atoms with Gasteiger partial charge in [-0.1, -0.05) is 46.3 Å². The standard InChI is InChI=1S/C23H21BrN2O3S/c1-28-21-12-7-17(24)15-20(21)22(27)26-23(30)25-18-8-10-19(11-9-18)29-14-13-16-5-3-2-4-6-16/h2-12,15H,13-14H2,1H3,(H2,25,26,27,30). The first-order valence-electron chi connectivity index (χ1n) is 9.28. The summed E-state index contributed by atoms with van der Waals surface area (Å²) in [6.07, 6.45) is 0.843. The van der Waals surface area contributed by atoms with E-state index in [1.54, 1.807) is 18.2 Å². The van der Waals surface area contributed by atoms with Crippen LogP contribution in [0.1, 0.15) is 15.9 Å². The van der Waals surface area contributed by atoms with E-state index in [-0.39, 0.29) is 11.0 Å². The summed E-state index contributed by atoms with van der Waals surface area (Å²) in [6.45, 7) is 0.597. The molecule has 0 bridgehead atoms. The fourth-order valence-electron chi connectivity index (χ4n) is 2.76. The van der Waals surface area contributed by atoms with Gasteiger partial charge in [0.05, 0.1) is 19.3 Å². The van der Waals surface area contributed by atoms with E-state index in [4.69, 9.17) is 21.7 Å². The van der Waals surface area contributed by atoms with Crippen LogP contribution in [0.5, 0.6) is 11.5 Å². The van der Waals surface area contributed by atoms with Gasteiger partial charge in [-0.25, -0.2) is 0 Å². The van der Waals surface area contributed by atoms with Crippen molar-refractivity contribution >= 4 is 44.9 Å². The zero-order valence-corrected chi connectivity index (χ0v) is 18.8. The highest BCUT2D eigenvalue weighted by Gasteiger charge is 2.14. The third kappa shape index (κ3) is 6.30. The van der Waals surface area contributed by atoms with E-state index < -0.39 is 0 Å². The third-order valence-electron chi connectivity index (χ3n) is 4.25. The van der Waals surface area contributed by atoms with Crippen LogP contribution in [0.4, 0.5) is 5.69 Å². The topological polar surface area (TPSA) is 59.6 Å². The summed E-state index contributed by atoms with van der Waals surface area (Å²) in [6, 6.07) is 22.8. The summed E-state index contributed by atoms with van der Waals surface area (Å²) < 4.78 is 11.8. The number of carbonyl (C=O) groups is 1. The Morgan fingerprint density at radius 1 is 1.03 bits per heavy atom. The van der Waals surface area contributed by atoms with Crippen molar-refractivity contribution in [3.05, 3.63) is 88.4 Å². The largest absolute Gasteiger partial charge is 0.496 e. The molecule has 30 heavy (non-hydrogen) atoms. The number of rotatable bonds is 7. The molecular weight excluding hydrogens is 464 g/mol. The summed E-state index contributed by atoms with van der Waals surface area (Å²) in [5.41, 5.74) is 2.37. The van der Waals surface area contributed by atoms with Gasteiger partial charge in [-0.15, -0.1) is 0 Å². The average Bonchev–Trinajstić information content (AvgIpc) is 2.75. The molecule has 0 spiro atoms. The zero-order valence-electron chi connectivity index (χ0n) is 16.4. The molecule has 0 saturated carbocycles. The van der Waals surface area contributed by atoms with Crippen molar-refractivity contribution in [3.8, 4) is 11.5 Å². The minimum atomic E-state index is -0.355. The van der Waals surface area contributed by atoms with E-state index >= 15 is 0 Å². The first kappa shape index (κ1) is 21.8. The second kappa shape index (κ2) is 10.8. The molecule has 0 aromatic heterocycles. The Bertz CT molecular complexity index is 1010. The quantitative estimate of drug-likeness (QED) is 0.451. The Morgan fingerprint density at radius 3 is 2.47 bits per heavy atom. The Hall–Kier alpha value is -2.90. The normalized spacial score (nSPS) is 10.2. The highest BCUT2D eigenvalue weighted by atomic mass is 79.9. The fourth-order valence-corrected chi connectivity index (χ4v) is 3.33. The van der Waals surface area contributed by atoms with Crippen molar-refractivity contribution in [1.82, 2.24) is 5.32 Å². The first-order chi connectivity index (χ1) is 14.5. The van der Waals surface area contributed by atoms with Gasteiger partial charge >= 0.3 is 0 Å². The SMILES string of the molecule is COc1ccc(Br)cc1C(=O)NC(=S)Nc1ccc(OCCc2ccccc2)cc1. The number of nitrogens with one attached hydrogen (secondary N) is 2. The van der Waals surface area contributed by atoms with E-state index in [9.17, 15) is 4.79 Å². The van der Waals surface area contributed by atoms with Gasteiger partial charge in [0, 0.05) is 16.6 Å². The Morgan fingerprint density at radius 2 is 1.77 bits per heavy atom. The molecule has 0 atom stereocenters. The van der Waals surface area contributed by atoms with Gasteiger partial charge in [-0.3, -0.25) is 10.1 Å². The van der Waals surface area contributed by atoms with Crippen molar-refractivity contribution in [1.29, 1.82) is 0 Å². The lowest BCUT2D eigenvalue weighted by atomic mass is 10.2. The molecule has 2 N–H and O–H groups in total. The molecule has 3 rings (SSSR count). The van der Waals surface area contributed by atoms with E-state index in [0.29, 0.717) is 17.9 Å². The molecule has 0 radical (unpaired) electrons. The number of anilines is 1. The van der Waals surface area contributed by atoms with Gasteiger partial charge in [0.25, 0.3) is 5.91 Å². The second-order valence-electron chi connectivity index (χ2n) is 6.36. The van der Waals surface area contributed by atoms with Gasteiger partial charge < -0.3 is 14.8 Å². The molecule has 0 saturated heterocycles. The van der Waals surface area contributed by atoms with Crippen LogP contribution < -0.4 is 20.1 Å². The van der Waals surface area contributed by atoms with Crippen LogP contribution in [0.3, 0.4) is 0 Å². The van der Waals surface area contributed by atoms with Crippen LogP contribution in [-0.4, -0.2) is 24.7 Å². The number of halogens is 1. The molecule has 154 valence electrons. The maximum atomic E-state index is 12.5. The van der Waals surface area contributed by atoms with E-state index in [2.05, 4.69) is 38.7 Å². The van der Waals surface area contributed by atoms with Gasteiger partial charge in [0.2, 0.25) is 0 Å². The summed E-state index contributed by atoms with van der Waals surface area (Å²) in [4.78, 5) is 12.5. The van der Waals surface area contributed by atoms with Crippen LogP contribution in [0.2, 0.25) is 0 Å². The van der Waals surface area contributed by atoms with E-state index in [1.807, 2.05) is 42.5 Å². The Kier molecular flexibility index (Phi) is 7.82. The number of methoxy groups -OCH3 is 1. The molecule has 0 heterocycles. The number of carbonyl (C=O) groups excluding carboxylic acids is 1. The number of benzene rings is 3. The van der Waals surface area contributed by atoms with Crippen LogP contribution in [0.15, 0.2) is 77.3 Å². The predicted octanol–water partition coefficient (Wildman–Crippen LogP) is 5.21. The molecule has 0 aliphatic heterocycles. The van der Waals surface area contributed by atoms with Crippen molar-refractivity contribution in [2.75, 3.05) is 19.0 Å². The molecular formula is C23H21BrN2O3S. The minimum absolute atomic E-state index is 0.194. The van der Waals surface area contributed by atoms with Crippen LogP contribution >= 0.6 is 28.1 Å². The lowest BCUT2D eigenvalue weighted by Gasteiger charge is -2.12. The Balaban J connectivity index is 1.50. The average molecular weight is 485 g/mol. The summed E-state index contributed by atoms with van der Waals surface area (Å²) in [5, 5.41) is 5.85. The van der Waals surface area contributed by atoms with Crippen molar-refractivity contribution in [3.63, 3.8) is 0 Å². The highest BCUT2D eigenvalue weighted by Crippen LogP contribution is 2.23. The lowest BCUT2D eigenvalue weighted by Crippen LogP contribution is -2.34. The maximum Gasteiger partial charge on any atom is 0.261 e. The number of ether oxygens (including phenoxy) is 2. The van der Waals surface area contributed by atoms with Crippen LogP contribution in [-0.2, 0) is 6.42 Å². The summed E-state index contributed by atoms with van der Waals surface area (Å²) >= 11 is 8.61. The third-order valence-corrected chi connectivity index (χ3v) is 4.95. The molecule has 1 amide bonds. The predicted molar refractivity (Wildman–Crippen MR) is 126 cm³/mol. The van der Waals surface area contributed by atoms with Crippen LogP contribution in [0.25, 0.3) is 0 Å². The van der Waals surface area contributed by atoms with Crippen molar-refractivity contribution in [2.24, 2.45) is 0 Å². The molecule has 7 heteroatoms. The molecule has 5 nitrogen and oxygen atoms in total. The van der Waals surface area contributed by atoms with Crippen LogP contribution in [0, 0.1) is 0 Å². The number of hydrogen-bond donors (Lipinski definition) is 2. The Labute approximate surface area is 189 Å². The number of hydrogen-bond acceptors (Lipinski definition) is 4. The molecule has 0 aliphatic carbocycles. The van der Waals surface area contributed by atoms with E-state index in [1.165, 1.54) is 12.7 Å².